The number of carbonyl (C=O) groups is 1. The van der Waals surface area contributed by atoms with E-state index in [1.54, 1.807) is 7.05 Å². The van der Waals surface area contributed by atoms with Crippen molar-refractivity contribution in [2.45, 2.75) is 0 Å². The Morgan fingerprint density at radius 2 is 2.29 bits per heavy atom. The first-order valence-electron chi connectivity index (χ1n) is 1.62. The molecular weight excluding hydrogens is 283 g/mol. The van der Waals surface area contributed by atoms with Crippen molar-refractivity contribution in [3.05, 3.63) is 0 Å². The van der Waals surface area contributed by atoms with E-state index in [0.717, 1.165) is 0 Å². The first kappa shape index (κ1) is 10.4. The Hall–Kier alpha value is 0.365. The van der Waals surface area contributed by atoms with E-state index < -0.39 is 5.97 Å². The van der Waals surface area contributed by atoms with Crippen molar-refractivity contribution in [2.75, 3.05) is 13.6 Å². The third kappa shape index (κ3) is 10.7. The van der Waals surface area contributed by atoms with Crippen molar-refractivity contribution in [1.82, 2.24) is 5.32 Å². The van der Waals surface area contributed by atoms with E-state index in [4.69, 9.17) is 0 Å². The second-order valence-corrected chi connectivity index (χ2v) is 0.902. The molecule has 37 valence electrons. The largest absolute Gasteiger partial charge is 1.00 e. The van der Waals surface area contributed by atoms with Gasteiger partial charge in [-0.05, 0) is 7.05 Å². The quantitative estimate of drug-likeness (QED) is 0.596. The zero-order valence-electron chi connectivity index (χ0n) is 4.23. The van der Waals surface area contributed by atoms with Crippen LogP contribution >= 0.6 is 0 Å². The molecule has 0 aromatic carbocycles. The minimum atomic E-state index is -1.07. The Morgan fingerprint density at radius 1 is 1.86 bits per heavy atom. The molecule has 0 fully saturated rings. The molecule has 0 saturated carbocycles. The number of carboxylic acid groups (broad SMARTS) is 1. The molecule has 4 heteroatoms. The van der Waals surface area contributed by atoms with Crippen molar-refractivity contribution in [2.24, 2.45) is 0 Å². The van der Waals surface area contributed by atoms with Gasteiger partial charge in [0.1, 0.15) is 0 Å². The van der Waals surface area contributed by atoms with Crippen molar-refractivity contribution in [3.8, 4) is 0 Å². The van der Waals surface area contributed by atoms with Crippen LogP contribution in [0.15, 0.2) is 0 Å². The predicted molar refractivity (Wildman–Crippen MR) is 18.9 cm³/mol. The average molecular weight is 289 g/mol. The maximum Gasteiger partial charge on any atom is 1.00 e. The number of likely N-dealkylation sites (N-methyl/N-ethyl adjacent to an activating group) is 1. The first-order chi connectivity index (χ1) is 2.77. The van der Waals surface area contributed by atoms with Gasteiger partial charge in [0.2, 0.25) is 0 Å². The fourth-order valence-electron chi connectivity index (χ4n) is 0.144. The summed E-state index contributed by atoms with van der Waals surface area (Å²) in [7, 11) is 1.55. The van der Waals surface area contributed by atoms with Gasteiger partial charge in [-0.3, -0.25) is 0 Å². The van der Waals surface area contributed by atoms with Crippen LogP contribution in [0.1, 0.15) is 0 Å². The summed E-state index contributed by atoms with van der Waals surface area (Å²) in [4.78, 5) is 9.43. The fourth-order valence-corrected chi connectivity index (χ4v) is 0.144. The van der Waals surface area contributed by atoms with Gasteiger partial charge in [-0.2, -0.15) is 0 Å². The zero-order valence-corrected chi connectivity index (χ0v) is 9.73. The molecule has 7 heavy (non-hydrogen) atoms. The summed E-state index contributed by atoms with van der Waals surface area (Å²) in [6.07, 6.45) is 0. The van der Waals surface area contributed by atoms with Gasteiger partial charge in [-0.15, -0.1) is 0 Å². The molecule has 1 radical (unpaired) electrons. The molecule has 0 bridgehead atoms. The van der Waals surface area contributed by atoms with E-state index in [-0.39, 0.29) is 34.2 Å². The van der Waals surface area contributed by atoms with Crippen LogP contribution in [-0.4, -0.2) is 19.6 Å². The number of nitrogens with one attached hydrogen (secondary N) is 1. The molecule has 0 aliphatic heterocycles. The number of aliphatic carboxylic acids is 1. The number of carboxylic acids is 1. The third-order valence-electron chi connectivity index (χ3n) is 0.321. The van der Waals surface area contributed by atoms with Crippen LogP contribution in [0, 0.1) is 0 Å². The number of rotatable bonds is 2. The Labute approximate surface area is 62.6 Å². The van der Waals surface area contributed by atoms with Crippen LogP contribution in [0.2, 0.25) is 0 Å². The molecule has 1 N–H and O–H groups in total. The van der Waals surface area contributed by atoms with E-state index in [0.29, 0.717) is 0 Å². The van der Waals surface area contributed by atoms with Crippen LogP contribution in [0.25, 0.3) is 0 Å². The van der Waals surface area contributed by atoms with Crippen LogP contribution in [0.5, 0.6) is 0 Å². The molecule has 3 nitrogen and oxygen atoms in total. The Kier molecular flexibility index (Phi) is 9.43. The molecule has 0 aliphatic carbocycles. The summed E-state index contributed by atoms with van der Waals surface area (Å²) in [6, 6.07) is 0. The second-order valence-electron chi connectivity index (χ2n) is 0.902. The third-order valence-corrected chi connectivity index (χ3v) is 0.321. The smallest absolute Gasteiger partial charge is 0.549 e. The molecular formula is C3H6HgNO2. The van der Waals surface area contributed by atoms with E-state index in [1.807, 2.05) is 0 Å². The van der Waals surface area contributed by atoms with E-state index in [9.17, 15) is 9.90 Å². The van der Waals surface area contributed by atoms with Crippen molar-refractivity contribution in [3.63, 3.8) is 0 Å². The number of hydrogen-bond donors (Lipinski definition) is 1. The van der Waals surface area contributed by atoms with Gasteiger partial charge in [0, 0.05) is 6.54 Å². The fraction of sp³-hybridized carbons (Fsp3) is 0.667. The van der Waals surface area contributed by atoms with Gasteiger partial charge < -0.3 is 15.2 Å². The van der Waals surface area contributed by atoms with Gasteiger partial charge in [-0.1, -0.05) is 0 Å². The normalized spacial score (nSPS) is 7.00. The molecule has 0 saturated heterocycles. The summed E-state index contributed by atoms with van der Waals surface area (Å²) < 4.78 is 0. The van der Waals surface area contributed by atoms with Gasteiger partial charge in [-0.25, -0.2) is 0 Å². The van der Waals surface area contributed by atoms with Gasteiger partial charge >= 0.3 is 27.7 Å². The molecule has 0 atom stereocenters. The monoisotopic (exact) mass is 290 g/mol. The summed E-state index contributed by atoms with van der Waals surface area (Å²) >= 11 is 0. The minimum absolute atomic E-state index is 0. The van der Waals surface area contributed by atoms with Crippen molar-refractivity contribution >= 4 is 5.97 Å². The number of carbonyl (C=O) groups excluding carboxylic acids is 1. The predicted octanol–water partition coefficient (Wildman–Crippen LogP) is -2.05. The van der Waals surface area contributed by atoms with Gasteiger partial charge in [0.05, 0.1) is 5.97 Å². The van der Waals surface area contributed by atoms with Gasteiger partial charge in [0.25, 0.3) is 0 Å². The maximum atomic E-state index is 9.43. The zero-order chi connectivity index (χ0) is 4.99. The van der Waals surface area contributed by atoms with E-state index >= 15 is 0 Å². The summed E-state index contributed by atoms with van der Waals surface area (Å²) in [6.45, 7) is -0.0694. The SMILES string of the molecule is CNCC(=O)[O-].[Hg+]. The Balaban J connectivity index is 0. The average Bonchev–Trinajstić information content (AvgIpc) is 1.35. The van der Waals surface area contributed by atoms with Crippen molar-refractivity contribution < 1.29 is 37.6 Å². The summed E-state index contributed by atoms with van der Waals surface area (Å²) in [5.41, 5.74) is 0. The Bertz CT molecular complexity index is 56.9. The molecule has 0 aliphatic rings. The molecule has 0 spiro atoms. The molecule has 0 amide bonds. The molecule has 0 heterocycles. The minimum Gasteiger partial charge on any atom is -0.549 e. The van der Waals surface area contributed by atoms with Crippen LogP contribution < -0.4 is 10.4 Å². The van der Waals surface area contributed by atoms with Crippen molar-refractivity contribution in [1.29, 1.82) is 0 Å². The molecule has 0 rings (SSSR count). The van der Waals surface area contributed by atoms with E-state index in [1.165, 1.54) is 0 Å². The molecule has 0 aromatic rings. The Morgan fingerprint density at radius 3 is 2.29 bits per heavy atom. The summed E-state index contributed by atoms with van der Waals surface area (Å²) in [5.74, 6) is -1.07. The van der Waals surface area contributed by atoms with Crippen LogP contribution in [-0.2, 0) is 32.5 Å². The standard InChI is InChI=1S/C3H7NO2.Hg/c1-4-2-3(5)6;/h4H,2H2,1H3,(H,5,6);/q;+1/p-1. The van der Waals surface area contributed by atoms with E-state index in [2.05, 4.69) is 5.32 Å². The summed E-state index contributed by atoms with van der Waals surface area (Å²) in [5, 5.41) is 11.8. The molecule has 0 unspecified atom stereocenters. The number of hydrogen-bond acceptors (Lipinski definition) is 3. The molecule has 0 aromatic heterocycles. The maximum absolute atomic E-state index is 9.43. The van der Waals surface area contributed by atoms with Crippen LogP contribution in [0.4, 0.5) is 0 Å². The first-order valence-corrected chi connectivity index (χ1v) is 1.62. The van der Waals surface area contributed by atoms with Crippen LogP contribution in [0.3, 0.4) is 0 Å². The van der Waals surface area contributed by atoms with Gasteiger partial charge in [0.15, 0.2) is 0 Å². The topological polar surface area (TPSA) is 52.2 Å². The second kappa shape index (κ2) is 6.37.